The molecule has 1 fully saturated rings. The quantitative estimate of drug-likeness (QED) is 0.681. The molecule has 1 saturated heterocycles. The highest BCUT2D eigenvalue weighted by atomic mass is 16.2. The molecular formula is C15H31N3O. The zero-order chi connectivity index (χ0) is 14.1. The molecule has 4 nitrogen and oxygen atoms in total. The lowest BCUT2D eigenvalue weighted by Gasteiger charge is -2.36. The van der Waals surface area contributed by atoms with Crippen LogP contribution in [0, 0.1) is 0 Å². The molecular weight excluding hydrogens is 238 g/mol. The summed E-state index contributed by atoms with van der Waals surface area (Å²) in [5.41, 5.74) is 0. The van der Waals surface area contributed by atoms with Crippen molar-refractivity contribution in [3.05, 3.63) is 0 Å². The van der Waals surface area contributed by atoms with E-state index in [2.05, 4.69) is 31.0 Å². The van der Waals surface area contributed by atoms with Crippen molar-refractivity contribution in [3.8, 4) is 0 Å². The molecule has 1 heterocycles. The Bertz CT molecular complexity index is 254. The maximum Gasteiger partial charge on any atom is 0.236 e. The lowest BCUT2D eigenvalue weighted by Crippen LogP contribution is -2.50. The van der Waals surface area contributed by atoms with E-state index in [0.717, 1.165) is 32.7 Å². The average Bonchev–Trinajstić information content (AvgIpc) is 2.42. The number of carbonyl (C=O) groups excluding carboxylic acids is 1. The average molecular weight is 269 g/mol. The molecule has 0 spiro atoms. The molecule has 0 saturated carbocycles. The summed E-state index contributed by atoms with van der Waals surface area (Å²) < 4.78 is 0. The first-order valence-electron chi connectivity index (χ1n) is 7.95. The second kappa shape index (κ2) is 9.32. The van der Waals surface area contributed by atoms with Crippen molar-refractivity contribution in [2.45, 2.75) is 52.5 Å². The first-order chi connectivity index (χ1) is 9.22. The number of hydrogen-bond acceptors (Lipinski definition) is 3. The second-order valence-electron chi connectivity index (χ2n) is 5.39. The van der Waals surface area contributed by atoms with Gasteiger partial charge in [0.05, 0.1) is 6.54 Å². The molecule has 0 aromatic carbocycles. The van der Waals surface area contributed by atoms with Gasteiger partial charge in [0.25, 0.3) is 0 Å². The maximum absolute atomic E-state index is 12.2. The van der Waals surface area contributed by atoms with E-state index in [1.165, 1.54) is 25.7 Å². The molecule has 19 heavy (non-hydrogen) atoms. The minimum absolute atomic E-state index is 0.285. The first-order valence-corrected chi connectivity index (χ1v) is 7.95. The molecule has 1 aliphatic rings. The zero-order valence-electron chi connectivity index (χ0n) is 13.0. The van der Waals surface area contributed by atoms with E-state index in [4.69, 9.17) is 0 Å². The number of nitrogens with one attached hydrogen (secondary N) is 1. The minimum Gasteiger partial charge on any atom is -0.342 e. The van der Waals surface area contributed by atoms with Crippen molar-refractivity contribution in [2.75, 3.05) is 39.3 Å². The normalized spacial score (nSPS) is 20.5. The molecule has 0 bridgehead atoms. The Morgan fingerprint density at radius 1 is 1.26 bits per heavy atom. The van der Waals surface area contributed by atoms with Crippen molar-refractivity contribution in [1.29, 1.82) is 0 Å². The van der Waals surface area contributed by atoms with E-state index in [-0.39, 0.29) is 5.91 Å². The van der Waals surface area contributed by atoms with Gasteiger partial charge in [0.15, 0.2) is 0 Å². The van der Waals surface area contributed by atoms with Crippen LogP contribution in [0.25, 0.3) is 0 Å². The van der Waals surface area contributed by atoms with Crippen molar-refractivity contribution in [2.24, 2.45) is 0 Å². The van der Waals surface area contributed by atoms with Gasteiger partial charge in [0, 0.05) is 25.7 Å². The second-order valence-corrected chi connectivity index (χ2v) is 5.39. The Morgan fingerprint density at radius 3 is 2.63 bits per heavy atom. The highest BCUT2D eigenvalue weighted by molar-refractivity contribution is 5.78. The fourth-order valence-corrected chi connectivity index (χ4v) is 2.79. The number of amides is 1. The van der Waals surface area contributed by atoms with E-state index in [1.807, 2.05) is 4.90 Å². The molecule has 1 atom stereocenters. The van der Waals surface area contributed by atoms with E-state index >= 15 is 0 Å². The number of carbonyl (C=O) groups is 1. The molecule has 0 aromatic heterocycles. The van der Waals surface area contributed by atoms with Crippen LogP contribution in [0.2, 0.25) is 0 Å². The monoisotopic (exact) mass is 269 g/mol. The van der Waals surface area contributed by atoms with Gasteiger partial charge in [0.2, 0.25) is 5.91 Å². The van der Waals surface area contributed by atoms with Crippen molar-refractivity contribution in [1.82, 2.24) is 15.1 Å². The van der Waals surface area contributed by atoms with Gasteiger partial charge in [-0.15, -0.1) is 0 Å². The van der Waals surface area contributed by atoms with Crippen molar-refractivity contribution >= 4 is 5.91 Å². The Labute approximate surface area is 118 Å². The number of hydrogen-bond donors (Lipinski definition) is 1. The molecule has 0 aliphatic carbocycles. The predicted octanol–water partition coefficient (Wildman–Crippen LogP) is 1.71. The van der Waals surface area contributed by atoms with Crippen LogP contribution >= 0.6 is 0 Å². The molecule has 1 N–H and O–H groups in total. The predicted molar refractivity (Wildman–Crippen MR) is 80.3 cm³/mol. The number of likely N-dealkylation sites (N-methyl/N-ethyl adjacent to an activating group) is 1. The lowest BCUT2D eigenvalue weighted by atomic mass is 10.0. The Hall–Kier alpha value is -0.610. The molecule has 112 valence electrons. The van der Waals surface area contributed by atoms with Crippen molar-refractivity contribution < 1.29 is 4.79 Å². The van der Waals surface area contributed by atoms with Crippen LogP contribution in [0.4, 0.5) is 0 Å². The van der Waals surface area contributed by atoms with Crippen LogP contribution in [-0.2, 0) is 4.79 Å². The first kappa shape index (κ1) is 16.4. The molecule has 4 heteroatoms. The van der Waals surface area contributed by atoms with Crippen molar-refractivity contribution in [3.63, 3.8) is 0 Å². The van der Waals surface area contributed by atoms with Gasteiger partial charge in [0.1, 0.15) is 0 Å². The smallest absolute Gasteiger partial charge is 0.236 e. The summed E-state index contributed by atoms with van der Waals surface area (Å²) in [7, 11) is 0. The van der Waals surface area contributed by atoms with Crippen LogP contribution in [0.5, 0.6) is 0 Å². The summed E-state index contributed by atoms with van der Waals surface area (Å²) in [5.74, 6) is 0.285. The molecule has 1 amide bonds. The van der Waals surface area contributed by atoms with Crippen LogP contribution < -0.4 is 5.32 Å². The Kier molecular flexibility index (Phi) is 8.07. The van der Waals surface area contributed by atoms with E-state index in [1.54, 1.807) is 0 Å². The number of nitrogens with zero attached hydrogens (tertiary/aromatic N) is 2. The SMILES string of the molecule is CCCNCC1CCCCN1CC(=O)N(CC)CC. The molecule has 1 unspecified atom stereocenters. The van der Waals surface area contributed by atoms with Gasteiger partial charge >= 0.3 is 0 Å². The van der Waals surface area contributed by atoms with Gasteiger partial charge in [-0.1, -0.05) is 13.3 Å². The largest absolute Gasteiger partial charge is 0.342 e. The fourth-order valence-electron chi connectivity index (χ4n) is 2.79. The molecule has 1 rings (SSSR count). The van der Waals surface area contributed by atoms with Crippen LogP contribution in [0.15, 0.2) is 0 Å². The summed E-state index contributed by atoms with van der Waals surface area (Å²) >= 11 is 0. The van der Waals surface area contributed by atoms with Gasteiger partial charge in [-0.3, -0.25) is 9.69 Å². The molecule has 1 aliphatic heterocycles. The Morgan fingerprint density at radius 2 is 2.00 bits per heavy atom. The summed E-state index contributed by atoms with van der Waals surface area (Å²) in [6, 6.07) is 0.541. The number of rotatable bonds is 8. The van der Waals surface area contributed by atoms with Gasteiger partial charge in [-0.25, -0.2) is 0 Å². The highest BCUT2D eigenvalue weighted by Gasteiger charge is 2.25. The summed E-state index contributed by atoms with van der Waals surface area (Å²) in [5, 5.41) is 3.50. The van der Waals surface area contributed by atoms with E-state index in [0.29, 0.717) is 12.6 Å². The summed E-state index contributed by atoms with van der Waals surface area (Å²) in [6.07, 6.45) is 4.93. The maximum atomic E-state index is 12.2. The topological polar surface area (TPSA) is 35.6 Å². The molecule has 0 aromatic rings. The lowest BCUT2D eigenvalue weighted by molar-refractivity contribution is -0.133. The standard InChI is InChI=1S/C15H31N3O/c1-4-10-16-12-14-9-7-8-11-18(14)13-15(19)17(5-2)6-3/h14,16H,4-13H2,1-3H3. The Balaban J connectivity index is 2.44. The molecule has 0 radical (unpaired) electrons. The zero-order valence-corrected chi connectivity index (χ0v) is 13.0. The fraction of sp³-hybridized carbons (Fsp3) is 0.933. The summed E-state index contributed by atoms with van der Waals surface area (Å²) in [6.45, 7) is 11.7. The van der Waals surface area contributed by atoms with E-state index < -0.39 is 0 Å². The van der Waals surface area contributed by atoms with Gasteiger partial charge < -0.3 is 10.2 Å². The third-order valence-corrected chi connectivity index (χ3v) is 4.01. The van der Waals surface area contributed by atoms with Crippen LogP contribution in [0.3, 0.4) is 0 Å². The van der Waals surface area contributed by atoms with Crippen LogP contribution in [-0.4, -0.2) is 61.0 Å². The van der Waals surface area contributed by atoms with Crippen LogP contribution in [0.1, 0.15) is 46.5 Å². The summed E-state index contributed by atoms with van der Waals surface area (Å²) in [4.78, 5) is 16.5. The van der Waals surface area contributed by atoms with Gasteiger partial charge in [-0.05, 0) is 46.2 Å². The van der Waals surface area contributed by atoms with E-state index in [9.17, 15) is 4.79 Å². The van der Waals surface area contributed by atoms with Gasteiger partial charge in [-0.2, -0.15) is 0 Å². The third kappa shape index (κ3) is 5.49. The number of piperidine rings is 1. The minimum atomic E-state index is 0.285. The number of likely N-dealkylation sites (tertiary alicyclic amines) is 1. The third-order valence-electron chi connectivity index (χ3n) is 4.01. The highest BCUT2D eigenvalue weighted by Crippen LogP contribution is 2.16.